The van der Waals surface area contributed by atoms with E-state index in [0.717, 1.165) is 15.1 Å². The first-order valence-electron chi connectivity index (χ1n) is 5.66. The van der Waals surface area contributed by atoms with Gasteiger partial charge < -0.3 is 9.73 Å². The van der Waals surface area contributed by atoms with Crippen LogP contribution in [0.15, 0.2) is 40.8 Å². The van der Waals surface area contributed by atoms with Crippen molar-refractivity contribution in [3.63, 3.8) is 0 Å². The van der Waals surface area contributed by atoms with Crippen molar-refractivity contribution in [3.05, 3.63) is 57.1 Å². The molecule has 4 heteroatoms. The summed E-state index contributed by atoms with van der Waals surface area (Å²) in [4.78, 5) is 0. The molecule has 0 saturated carbocycles. The molecule has 0 aliphatic rings. The van der Waals surface area contributed by atoms with Crippen LogP contribution >= 0.6 is 22.6 Å². The van der Waals surface area contributed by atoms with E-state index in [-0.39, 0.29) is 6.04 Å². The molecule has 3 nitrogen and oxygen atoms in total. The number of nitrogens with zero attached hydrogens (tertiary/aromatic N) is 1. The van der Waals surface area contributed by atoms with Crippen LogP contribution in [0.2, 0.25) is 0 Å². The number of furan rings is 1. The summed E-state index contributed by atoms with van der Waals surface area (Å²) in [5.41, 5.74) is 1.85. The Kier molecular flexibility index (Phi) is 4.39. The van der Waals surface area contributed by atoms with Crippen molar-refractivity contribution in [1.29, 1.82) is 5.26 Å². The SMILES string of the molecule is CC(NCc1ccc(I)o1)c1ccc(C#N)cc1. The summed E-state index contributed by atoms with van der Waals surface area (Å²) < 4.78 is 6.39. The van der Waals surface area contributed by atoms with Crippen LogP contribution in [0, 0.1) is 15.1 Å². The lowest BCUT2D eigenvalue weighted by Gasteiger charge is -2.13. The maximum absolute atomic E-state index is 8.74. The van der Waals surface area contributed by atoms with E-state index < -0.39 is 0 Å². The first kappa shape index (κ1) is 13.1. The predicted octanol–water partition coefficient (Wildman–Crippen LogP) is 3.61. The molecular formula is C14H13IN2O. The number of benzene rings is 1. The normalized spacial score (nSPS) is 12.1. The number of rotatable bonds is 4. The van der Waals surface area contributed by atoms with E-state index in [1.807, 2.05) is 36.4 Å². The van der Waals surface area contributed by atoms with Gasteiger partial charge in [0.05, 0.1) is 18.2 Å². The Morgan fingerprint density at radius 1 is 1.28 bits per heavy atom. The Hall–Kier alpha value is -1.32. The van der Waals surface area contributed by atoms with Crippen LogP contribution in [0.4, 0.5) is 0 Å². The van der Waals surface area contributed by atoms with Crippen molar-refractivity contribution in [1.82, 2.24) is 5.32 Å². The smallest absolute Gasteiger partial charge is 0.164 e. The van der Waals surface area contributed by atoms with E-state index in [0.29, 0.717) is 12.1 Å². The van der Waals surface area contributed by atoms with Gasteiger partial charge in [-0.2, -0.15) is 5.26 Å². The average Bonchev–Trinajstić information content (AvgIpc) is 2.82. The molecule has 0 amide bonds. The van der Waals surface area contributed by atoms with Crippen LogP contribution in [-0.4, -0.2) is 0 Å². The molecule has 92 valence electrons. The molecule has 1 unspecified atom stereocenters. The number of nitriles is 1. The van der Waals surface area contributed by atoms with Gasteiger partial charge in [-0.3, -0.25) is 0 Å². The first-order valence-corrected chi connectivity index (χ1v) is 6.74. The van der Waals surface area contributed by atoms with Gasteiger partial charge in [-0.25, -0.2) is 0 Å². The molecule has 1 heterocycles. The lowest BCUT2D eigenvalue weighted by Crippen LogP contribution is -2.17. The van der Waals surface area contributed by atoms with E-state index in [1.54, 1.807) is 0 Å². The molecule has 0 bridgehead atoms. The molecule has 0 saturated heterocycles. The molecule has 0 spiro atoms. The van der Waals surface area contributed by atoms with E-state index in [1.165, 1.54) is 0 Å². The minimum atomic E-state index is 0.223. The highest BCUT2D eigenvalue weighted by Crippen LogP contribution is 2.15. The topological polar surface area (TPSA) is 49.0 Å². The molecule has 1 aromatic heterocycles. The van der Waals surface area contributed by atoms with Crippen LogP contribution < -0.4 is 5.32 Å². The zero-order valence-corrected chi connectivity index (χ0v) is 12.1. The largest absolute Gasteiger partial charge is 0.454 e. The number of nitrogens with one attached hydrogen (secondary N) is 1. The van der Waals surface area contributed by atoms with Crippen LogP contribution in [-0.2, 0) is 6.54 Å². The maximum Gasteiger partial charge on any atom is 0.164 e. The second kappa shape index (κ2) is 6.03. The number of hydrogen-bond acceptors (Lipinski definition) is 3. The van der Waals surface area contributed by atoms with Crippen molar-refractivity contribution >= 4 is 22.6 Å². The number of hydrogen-bond donors (Lipinski definition) is 1. The van der Waals surface area contributed by atoms with Gasteiger partial charge in [0.25, 0.3) is 0 Å². The van der Waals surface area contributed by atoms with E-state index >= 15 is 0 Å². The van der Waals surface area contributed by atoms with Crippen molar-refractivity contribution in [2.75, 3.05) is 0 Å². The van der Waals surface area contributed by atoms with Crippen molar-refractivity contribution < 1.29 is 4.42 Å². The van der Waals surface area contributed by atoms with Crippen molar-refractivity contribution in [3.8, 4) is 6.07 Å². The molecule has 1 N–H and O–H groups in total. The summed E-state index contributed by atoms with van der Waals surface area (Å²) in [6.07, 6.45) is 0. The third-order valence-corrected chi connectivity index (χ3v) is 3.33. The summed E-state index contributed by atoms with van der Waals surface area (Å²) in [5, 5.41) is 12.1. The van der Waals surface area contributed by atoms with Gasteiger partial charge in [-0.15, -0.1) is 0 Å². The van der Waals surface area contributed by atoms with E-state index in [2.05, 4.69) is 40.9 Å². The zero-order valence-electron chi connectivity index (χ0n) is 9.98. The molecule has 1 aromatic carbocycles. The summed E-state index contributed by atoms with van der Waals surface area (Å²) >= 11 is 2.15. The van der Waals surface area contributed by atoms with Gasteiger partial charge in [0, 0.05) is 6.04 Å². The molecule has 18 heavy (non-hydrogen) atoms. The fourth-order valence-corrected chi connectivity index (χ4v) is 2.13. The second-order valence-electron chi connectivity index (χ2n) is 4.04. The Bertz CT molecular complexity index is 554. The molecule has 0 aliphatic heterocycles. The Labute approximate surface area is 120 Å². The first-order chi connectivity index (χ1) is 8.69. The van der Waals surface area contributed by atoms with Gasteiger partial charge in [0.2, 0.25) is 0 Å². The fourth-order valence-electron chi connectivity index (χ4n) is 1.66. The van der Waals surface area contributed by atoms with Crippen LogP contribution in [0.1, 0.15) is 29.9 Å². The maximum atomic E-state index is 8.74. The zero-order chi connectivity index (χ0) is 13.0. The Morgan fingerprint density at radius 2 is 2.00 bits per heavy atom. The minimum Gasteiger partial charge on any atom is -0.454 e. The average molecular weight is 352 g/mol. The summed E-state index contributed by atoms with van der Waals surface area (Å²) in [7, 11) is 0. The van der Waals surface area contributed by atoms with E-state index in [9.17, 15) is 0 Å². The van der Waals surface area contributed by atoms with Gasteiger partial charge >= 0.3 is 0 Å². The highest BCUT2D eigenvalue weighted by atomic mass is 127. The number of halogens is 1. The summed E-state index contributed by atoms with van der Waals surface area (Å²) in [6.45, 7) is 2.79. The van der Waals surface area contributed by atoms with Gasteiger partial charge in [-0.05, 0) is 59.3 Å². The molecular weight excluding hydrogens is 339 g/mol. The van der Waals surface area contributed by atoms with Crippen molar-refractivity contribution in [2.24, 2.45) is 0 Å². The highest BCUT2D eigenvalue weighted by Gasteiger charge is 2.06. The summed E-state index contributed by atoms with van der Waals surface area (Å²) in [6, 6.07) is 13.9. The lowest BCUT2D eigenvalue weighted by atomic mass is 10.1. The highest BCUT2D eigenvalue weighted by molar-refractivity contribution is 14.1. The molecule has 1 atom stereocenters. The Balaban J connectivity index is 1.95. The lowest BCUT2D eigenvalue weighted by molar-refractivity contribution is 0.445. The molecule has 2 rings (SSSR count). The molecule has 0 aliphatic carbocycles. The molecule has 0 fully saturated rings. The van der Waals surface area contributed by atoms with Gasteiger partial charge in [0.15, 0.2) is 3.77 Å². The monoisotopic (exact) mass is 352 g/mol. The van der Waals surface area contributed by atoms with Gasteiger partial charge in [-0.1, -0.05) is 12.1 Å². The van der Waals surface area contributed by atoms with Crippen LogP contribution in [0.5, 0.6) is 0 Å². The van der Waals surface area contributed by atoms with Crippen molar-refractivity contribution in [2.45, 2.75) is 19.5 Å². The predicted molar refractivity (Wildman–Crippen MR) is 77.8 cm³/mol. The second-order valence-corrected chi connectivity index (χ2v) is 5.11. The van der Waals surface area contributed by atoms with Crippen LogP contribution in [0.25, 0.3) is 0 Å². The van der Waals surface area contributed by atoms with Gasteiger partial charge in [0.1, 0.15) is 5.76 Å². The third kappa shape index (κ3) is 3.34. The molecule has 0 radical (unpaired) electrons. The third-order valence-electron chi connectivity index (χ3n) is 2.75. The Morgan fingerprint density at radius 3 is 2.56 bits per heavy atom. The fraction of sp³-hybridized carbons (Fsp3) is 0.214. The molecule has 2 aromatic rings. The van der Waals surface area contributed by atoms with Crippen LogP contribution in [0.3, 0.4) is 0 Å². The standard InChI is InChI=1S/C14H13IN2O/c1-10(12-4-2-11(8-16)3-5-12)17-9-13-6-7-14(15)18-13/h2-7,10,17H,9H2,1H3. The minimum absolute atomic E-state index is 0.223. The summed E-state index contributed by atoms with van der Waals surface area (Å²) in [5.74, 6) is 0.930. The van der Waals surface area contributed by atoms with E-state index in [4.69, 9.17) is 9.68 Å². The quantitative estimate of drug-likeness (QED) is 0.856.